The van der Waals surface area contributed by atoms with Crippen LogP contribution in [0.5, 0.6) is 0 Å². The highest BCUT2D eigenvalue weighted by Gasteiger charge is 2.26. The zero-order valence-corrected chi connectivity index (χ0v) is 16.0. The minimum atomic E-state index is 0.00582. The number of halogens is 1. The Morgan fingerprint density at radius 1 is 1.21 bits per heavy atom. The quantitative estimate of drug-likeness (QED) is 0.790. The van der Waals surface area contributed by atoms with Crippen LogP contribution < -0.4 is 0 Å². The van der Waals surface area contributed by atoms with Gasteiger partial charge in [-0.25, -0.2) is 0 Å². The standard InChI is InChI=1S/C16H23BrN6O/c1-4-23-11-14(17)15(19-23)16(24)22-7-5-21(6-8-22)10-13-9-20(3)18-12(13)2/h9,11H,4-8,10H2,1-3H3. The molecule has 1 aliphatic rings. The van der Waals surface area contributed by atoms with E-state index in [1.165, 1.54) is 5.56 Å². The van der Waals surface area contributed by atoms with Gasteiger partial charge in [-0.1, -0.05) is 0 Å². The lowest BCUT2D eigenvalue weighted by atomic mass is 10.2. The second kappa shape index (κ2) is 7.06. The summed E-state index contributed by atoms with van der Waals surface area (Å²) in [6.07, 6.45) is 3.93. The monoisotopic (exact) mass is 394 g/mol. The molecule has 2 aromatic rings. The number of aromatic nitrogens is 4. The number of carbonyl (C=O) groups is 1. The van der Waals surface area contributed by atoms with Gasteiger partial charge in [-0.05, 0) is 29.8 Å². The zero-order valence-electron chi connectivity index (χ0n) is 14.4. The Kier molecular flexibility index (Phi) is 5.05. The van der Waals surface area contributed by atoms with Crippen LogP contribution in [0.2, 0.25) is 0 Å². The Hall–Kier alpha value is -1.67. The summed E-state index contributed by atoms with van der Waals surface area (Å²) >= 11 is 3.44. The lowest BCUT2D eigenvalue weighted by Gasteiger charge is -2.34. The van der Waals surface area contributed by atoms with Gasteiger partial charge in [0.15, 0.2) is 5.69 Å². The molecule has 0 radical (unpaired) electrons. The maximum atomic E-state index is 12.7. The minimum absolute atomic E-state index is 0.00582. The summed E-state index contributed by atoms with van der Waals surface area (Å²) < 4.78 is 4.40. The average Bonchev–Trinajstić information content (AvgIpc) is 3.09. The second-order valence-electron chi connectivity index (χ2n) is 6.16. The van der Waals surface area contributed by atoms with Crippen LogP contribution in [0, 0.1) is 6.92 Å². The molecule has 0 unspecified atom stereocenters. The summed E-state index contributed by atoms with van der Waals surface area (Å²) in [6, 6.07) is 0. The molecule has 0 saturated carbocycles. The molecule has 1 saturated heterocycles. The molecule has 0 aromatic carbocycles. The lowest BCUT2D eigenvalue weighted by Crippen LogP contribution is -2.48. The van der Waals surface area contributed by atoms with Gasteiger partial charge in [0, 0.05) is 64.3 Å². The van der Waals surface area contributed by atoms with E-state index in [2.05, 4.69) is 37.2 Å². The van der Waals surface area contributed by atoms with Gasteiger partial charge >= 0.3 is 0 Å². The van der Waals surface area contributed by atoms with E-state index in [1.54, 1.807) is 4.68 Å². The van der Waals surface area contributed by atoms with Crippen molar-refractivity contribution in [3.63, 3.8) is 0 Å². The minimum Gasteiger partial charge on any atom is -0.335 e. The maximum absolute atomic E-state index is 12.7. The van der Waals surface area contributed by atoms with Gasteiger partial charge in [-0.15, -0.1) is 0 Å². The van der Waals surface area contributed by atoms with Crippen molar-refractivity contribution in [3.05, 3.63) is 33.8 Å². The molecule has 0 bridgehead atoms. The third kappa shape index (κ3) is 3.54. The zero-order chi connectivity index (χ0) is 17.3. The first-order chi connectivity index (χ1) is 11.5. The van der Waals surface area contributed by atoms with E-state index in [0.29, 0.717) is 5.69 Å². The highest BCUT2D eigenvalue weighted by molar-refractivity contribution is 9.10. The number of aryl methyl sites for hydroxylation is 3. The first kappa shape index (κ1) is 17.2. The van der Waals surface area contributed by atoms with E-state index in [9.17, 15) is 4.79 Å². The summed E-state index contributed by atoms with van der Waals surface area (Å²) in [5, 5.41) is 8.75. The molecular weight excluding hydrogens is 372 g/mol. The molecule has 130 valence electrons. The first-order valence-corrected chi connectivity index (χ1v) is 9.01. The van der Waals surface area contributed by atoms with Crippen LogP contribution in [0.25, 0.3) is 0 Å². The van der Waals surface area contributed by atoms with Crippen molar-refractivity contribution < 1.29 is 4.79 Å². The topological polar surface area (TPSA) is 59.2 Å². The maximum Gasteiger partial charge on any atom is 0.275 e. The molecule has 0 atom stereocenters. The van der Waals surface area contributed by atoms with Gasteiger partial charge in [-0.3, -0.25) is 19.1 Å². The first-order valence-electron chi connectivity index (χ1n) is 8.21. The molecule has 2 aromatic heterocycles. The van der Waals surface area contributed by atoms with E-state index in [1.807, 2.05) is 36.7 Å². The number of rotatable bonds is 4. The molecule has 0 N–H and O–H groups in total. The number of hydrogen-bond donors (Lipinski definition) is 0. The number of amides is 1. The normalized spacial score (nSPS) is 15.9. The fraction of sp³-hybridized carbons (Fsp3) is 0.562. The summed E-state index contributed by atoms with van der Waals surface area (Å²) in [5.74, 6) is 0.00582. The molecule has 1 amide bonds. The molecule has 8 heteroatoms. The van der Waals surface area contributed by atoms with Crippen LogP contribution in [0.3, 0.4) is 0 Å². The Balaban J connectivity index is 1.59. The van der Waals surface area contributed by atoms with Gasteiger partial charge in [0.1, 0.15) is 0 Å². The molecule has 3 heterocycles. The predicted octanol–water partition coefficient (Wildman–Crippen LogP) is 1.67. The molecule has 24 heavy (non-hydrogen) atoms. The highest BCUT2D eigenvalue weighted by Crippen LogP contribution is 2.18. The van der Waals surface area contributed by atoms with Crippen molar-refractivity contribution >= 4 is 21.8 Å². The SMILES string of the molecule is CCn1cc(Br)c(C(=O)N2CCN(Cc3cn(C)nc3C)CC2)n1. The van der Waals surface area contributed by atoms with Crippen LogP contribution in [0.1, 0.15) is 28.7 Å². The summed E-state index contributed by atoms with van der Waals surface area (Å²) in [5.41, 5.74) is 2.83. The van der Waals surface area contributed by atoms with Crippen molar-refractivity contribution in [1.82, 2.24) is 29.4 Å². The summed E-state index contributed by atoms with van der Waals surface area (Å²) in [4.78, 5) is 16.9. The van der Waals surface area contributed by atoms with Crippen LogP contribution in [-0.4, -0.2) is 61.4 Å². The van der Waals surface area contributed by atoms with Crippen molar-refractivity contribution in [2.75, 3.05) is 26.2 Å². The number of hydrogen-bond acceptors (Lipinski definition) is 4. The fourth-order valence-electron chi connectivity index (χ4n) is 3.01. The van der Waals surface area contributed by atoms with E-state index in [-0.39, 0.29) is 5.91 Å². The number of nitrogens with zero attached hydrogens (tertiary/aromatic N) is 6. The highest BCUT2D eigenvalue weighted by atomic mass is 79.9. The largest absolute Gasteiger partial charge is 0.335 e. The molecule has 3 rings (SSSR count). The Morgan fingerprint density at radius 2 is 1.92 bits per heavy atom. The van der Waals surface area contributed by atoms with Gasteiger partial charge in [0.05, 0.1) is 10.2 Å². The molecule has 0 aliphatic carbocycles. The van der Waals surface area contributed by atoms with E-state index < -0.39 is 0 Å². The second-order valence-corrected chi connectivity index (χ2v) is 7.02. The molecule has 1 fully saturated rings. The van der Waals surface area contributed by atoms with Gasteiger partial charge < -0.3 is 4.90 Å². The molecular formula is C16H23BrN6O. The Bertz CT molecular complexity index is 729. The Morgan fingerprint density at radius 3 is 2.46 bits per heavy atom. The lowest BCUT2D eigenvalue weighted by molar-refractivity contribution is 0.0620. The average molecular weight is 395 g/mol. The van der Waals surface area contributed by atoms with Gasteiger partial charge in [0.2, 0.25) is 0 Å². The smallest absolute Gasteiger partial charge is 0.275 e. The van der Waals surface area contributed by atoms with Crippen molar-refractivity contribution in [1.29, 1.82) is 0 Å². The molecule has 0 spiro atoms. The van der Waals surface area contributed by atoms with Crippen LogP contribution in [0.15, 0.2) is 16.9 Å². The van der Waals surface area contributed by atoms with E-state index in [4.69, 9.17) is 0 Å². The van der Waals surface area contributed by atoms with Crippen molar-refractivity contribution in [2.24, 2.45) is 7.05 Å². The van der Waals surface area contributed by atoms with E-state index >= 15 is 0 Å². The van der Waals surface area contributed by atoms with Gasteiger partial charge in [0.25, 0.3) is 5.91 Å². The number of piperazine rings is 1. The predicted molar refractivity (Wildman–Crippen MR) is 94.7 cm³/mol. The van der Waals surface area contributed by atoms with Gasteiger partial charge in [-0.2, -0.15) is 10.2 Å². The van der Waals surface area contributed by atoms with Crippen LogP contribution in [0.4, 0.5) is 0 Å². The van der Waals surface area contributed by atoms with Crippen LogP contribution in [-0.2, 0) is 20.1 Å². The third-order valence-electron chi connectivity index (χ3n) is 4.41. The third-order valence-corrected chi connectivity index (χ3v) is 4.99. The summed E-state index contributed by atoms with van der Waals surface area (Å²) in [6.45, 7) is 8.87. The Labute approximate surface area is 150 Å². The molecule has 7 nitrogen and oxygen atoms in total. The van der Waals surface area contributed by atoms with E-state index in [0.717, 1.165) is 49.4 Å². The fourth-order valence-corrected chi connectivity index (χ4v) is 3.49. The van der Waals surface area contributed by atoms with Crippen molar-refractivity contribution in [3.8, 4) is 0 Å². The van der Waals surface area contributed by atoms with Crippen molar-refractivity contribution in [2.45, 2.75) is 26.9 Å². The number of carbonyl (C=O) groups excluding carboxylic acids is 1. The summed E-state index contributed by atoms with van der Waals surface area (Å²) in [7, 11) is 1.94. The van der Waals surface area contributed by atoms with Crippen LogP contribution >= 0.6 is 15.9 Å². The molecule has 1 aliphatic heterocycles.